The van der Waals surface area contributed by atoms with E-state index in [1.54, 1.807) is 0 Å². The molecule has 0 bridgehead atoms. The number of carbonyl (C=O) groups is 1. The summed E-state index contributed by atoms with van der Waals surface area (Å²) in [4.78, 5) is 10.7. The third-order valence-electron chi connectivity index (χ3n) is 2.70. The minimum absolute atomic E-state index is 0.0350. The van der Waals surface area contributed by atoms with E-state index in [0.717, 1.165) is 6.07 Å². The summed E-state index contributed by atoms with van der Waals surface area (Å²) >= 11 is 0. The van der Waals surface area contributed by atoms with Crippen molar-refractivity contribution < 1.29 is 28.3 Å². The molecule has 0 spiro atoms. The number of halogens is 1. The molecule has 0 atom stereocenters. The molecular weight excluding hydrogens is 257 g/mol. The number of hydrogen-bond acceptors (Lipinski definition) is 5. The number of ether oxygens (including phenoxy) is 2. The van der Waals surface area contributed by atoms with Gasteiger partial charge in [-0.05, 0) is 12.1 Å². The lowest BCUT2D eigenvalue weighted by Gasteiger charge is -2.18. The fourth-order valence-corrected chi connectivity index (χ4v) is 1.79. The van der Waals surface area contributed by atoms with Gasteiger partial charge in [-0.3, -0.25) is 0 Å². The van der Waals surface area contributed by atoms with Crippen molar-refractivity contribution in [3.63, 3.8) is 0 Å². The van der Waals surface area contributed by atoms with E-state index in [9.17, 15) is 9.18 Å². The van der Waals surface area contributed by atoms with Crippen LogP contribution in [0, 0.1) is 5.82 Å². The highest BCUT2D eigenvalue weighted by molar-refractivity contribution is 5.86. The molecule has 0 fully saturated rings. The Morgan fingerprint density at radius 2 is 2.21 bits per heavy atom. The first-order chi connectivity index (χ1) is 9.15. The summed E-state index contributed by atoms with van der Waals surface area (Å²) in [6.45, 7) is 0.359. The average molecular weight is 265 g/mol. The van der Waals surface area contributed by atoms with Gasteiger partial charge in [0.05, 0.1) is 12.2 Å². The second kappa shape index (κ2) is 4.36. The number of aromatic nitrogens is 1. The Bertz CT molecular complexity index is 652. The summed E-state index contributed by atoms with van der Waals surface area (Å²) in [6, 6.07) is 3.87. The Kier molecular flexibility index (Phi) is 2.68. The summed E-state index contributed by atoms with van der Waals surface area (Å²) in [6.07, 6.45) is 0. The van der Waals surface area contributed by atoms with E-state index >= 15 is 0 Å². The molecule has 98 valence electrons. The zero-order valence-electron chi connectivity index (χ0n) is 9.55. The SMILES string of the molecule is O=C(O)c1cc(-c2cc3c(cc2F)COCO3)on1. The largest absolute Gasteiger partial charge is 0.476 e. The van der Waals surface area contributed by atoms with Gasteiger partial charge in [0.15, 0.2) is 18.2 Å². The lowest BCUT2D eigenvalue weighted by molar-refractivity contribution is -0.0165. The number of fused-ring (bicyclic) bond motifs is 1. The molecule has 7 heteroatoms. The molecule has 1 N–H and O–H groups in total. The van der Waals surface area contributed by atoms with Crippen molar-refractivity contribution in [3.8, 4) is 17.1 Å². The Labute approximate surface area is 106 Å². The molecule has 1 aromatic carbocycles. The number of rotatable bonds is 2. The van der Waals surface area contributed by atoms with Crippen LogP contribution in [0.4, 0.5) is 4.39 Å². The fraction of sp³-hybridized carbons (Fsp3) is 0.167. The third kappa shape index (κ3) is 2.04. The maximum absolute atomic E-state index is 13.9. The van der Waals surface area contributed by atoms with Gasteiger partial charge in [-0.25, -0.2) is 9.18 Å². The van der Waals surface area contributed by atoms with Crippen LogP contribution in [0.5, 0.6) is 5.75 Å². The van der Waals surface area contributed by atoms with Crippen LogP contribution in [0.15, 0.2) is 22.7 Å². The molecule has 19 heavy (non-hydrogen) atoms. The highest BCUT2D eigenvalue weighted by Crippen LogP contribution is 2.32. The highest BCUT2D eigenvalue weighted by atomic mass is 19.1. The van der Waals surface area contributed by atoms with Crippen LogP contribution in [0.2, 0.25) is 0 Å². The molecule has 0 amide bonds. The van der Waals surface area contributed by atoms with Gasteiger partial charge in [-0.15, -0.1) is 0 Å². The Morgan fingerprint density at radius 3 is 2.95 bits per heavy atom. The van der Waals surface area contributed by atoms with E-state index in [2.05, 4.69) is 5.16 Å². The molecule has 0 saturated heterocycles. The Morgan fingerprint density at radius 1 is 1.37 bits per heavy atom. The van der Waals surface area contributed by atoms with E-state index in [-0.39, 0.29) is 30.4 Å². The first kappa shape index (κ1) is 11.7. The second-order valence-electron chi connectivity index (χ2n) is 3.93. The standard InChI is InChI=1S/C12H8FNO5/c13-8-1-6-4-17-5-18-10(6)2-7(8)11-3-9(12(15)16)14-19-11/h1-3H,4-5H2,(H,15,16). The van der Waals surface area contributed by atoms with Crippen LogP contribution in [0.3, 0.4) is 0 Å². The summed E-state index contributed by atoms with van der Waals surface area (Å²) in [5, 5.41) is 12.1. The maximum Gasteiger partial charge on any atom is 0.358 e. The molecule has 6 nitrogen and oxygen atoms in total. The predicted molar refractivity (Wildman–Crippen MR) is 59.1 cm³/mol. The lowest BCUT2D eigenvalue weighted by atomic mass is 10.1. The van der Waals surface area contributed by atoms with Crippen LogP contribution >= 0.6 is 0 Å². The van der Waals surface area contributed by atoms with Crippen molar-refractivity contribution in [2.24, 2.45) is 0 Å². The molecule has 0 aliphatic carbocycles. The van der Waals surface area contributed by atoms with E-state index in [0.29, 0.717) is 11.3 Å². The van der Waals surface area contributed by atoms with E-state index < -0.39 is 11.8 Å². The lowest BCUT2D eigenvalue weighted by Crippen LogP contribution is -2.11. The van der Waals surface area contributed by atoms with Crippen LogP contribution in [0.25, 0.3) is 11.3 Å². The van der Waals surface area contributed by atoms with Gasteiger partial charge < -0.3 is 19.1 Å². The molecule has 3 rings (SSSR count). The predicted octanol–water partition coefficient (Wildman–Crippen LogP) is 2.05. The van der Waals surface area contributed by atoms with Crippen molar-refractivity contribution in [3.05, 3.63) is 35.3 Å². The minimum atomic E-state index is -1.24. The summed E-state index contributed by atoms with van der Waals surface area (Å²) in [5.41, 5.74) is 0.405. The van der Waals surface area contributed by atoms with Crippen molar-refractivity contribution >= 4 is 5.97 Å². The molecule has 2 heterocycles. The summed E-state index contributed by atoms with van der Waals surface area (Å²) in [7, 11) is 0. The van der Waals surface area contributed by atoms with Gasteiger partial charge in [0, 0.05) is 11.6 Å². The average Bonchev–Trinajstić information content (AvgIpc) is 2.87. The molecule has 1 aliphatic rings. The first-order valence-electron chi connectivity index (χ1n) is 5.38. The van der Waals surface area contributed by atoms with Crippen LogP contribution in [-0.2, 0) is 11.3 Å². The van der Waals surface area contributed by atoms with Gasteiger partial charge in [0.25, 0.3) is 0 Å². The van der Waals surface area contributed by atoms with Crippen LogP contribution in [0.1, 0.15) is 16.1 Å². The Hall–Kier alpha value is -2.41. The zero-order chi connectivity index (χ0) is 13.4. The number of carboxylic acids is 1. The molecule has 1 aliphatic heterocycles. The van der Waals surface area contributed by atoms with E-state index in [4.69, 9.17) is 19.1 Å². The van der Waals surface area contributed by atoms with Crippen molar-refractivity contribution in [2.45, 2.75) is 6.61 Å². The zero-order valence-corrected chi connectivity index (χ0v) is 9.55. The summed E-state index contributed by atoms with van der Waals surface area (Å²) < 4.78 is 29.0. The number of nitrogens with zero attached hydrogens (tertiary/aromatic N) is 1. The summed E-state index contributed by atoms with van der Waals surface area (Å²) in [5.74, 6) is -1.28. The molecule has 0 unspecified atom stereocenters. The molecule has 2 aromatic rings. The quantitative estimate of drug-likeness (QED) is 0.894. The van der Waals surface area contributed by atoms with Gasteiger partial charge >= 0.3 is 5.97 Å². The monoisotopic (exact) mass is 265 g/mol. The second-order valence-corrected chi connectivity index (χ2v) is 3.93. The van der Waals surface area contributed by atoms with Gasteiger partial charge in [0.1, 0.15) is 11.6 Å². The number of benzene rings is 1. The van der Waals surface area contributed by atoms with Gasteiger partial charge in [-0.2, -0.15) is 0 Å². The fourth-order valence-electron chi connectivity index (χ4n) is 1.79. The first-order valence-corrected chi connectivity index (χ1v) is 5.38. The van der Waals surface area contributed by atoms with Crippen molar-refractivity contribution in [2.75, 3.05) is 6.79 Å². The van der Waals surface area contributed by atoms with E-state index in [1.165, 1.54) is 12.1 Å². The van der Waals surface area contributed by atoms with Gasteiger partial charge in [-0.1, -0.05) is 5.16 Å². The van der Waals surface area contributed by atoms with Gasteiger partial charge in [0.2, 0.25) is 0 Å². The molecule has 0 radical (unpaired) electrons. The topological polar surface area (TPSA) is 81.8 Å². The minimum Gasteiger partial charge on any atom is -0.476 e. The smallest absolute Gasteiger partial charge is 0.358 e. The van der Waals surface area contributed by atoms with E-state index in [1.807, 2.05) is 0 Å². The highest BCUT2D eigenvalue weighted by Gasteiger charge is 2.20. The Balaban J connectivity index is 2.06. The maximum atomic E-state index is 13.9. The third-order valence-corrected chi connectivity index (χ3v) is 2.70. The molecular formula is C12H8FNO5. The molecule has 0 saturated carbocycles. The van der Waals surface area contributed by atoms with Crippen LogP contribution < -0.4 is 4.74 Å². The number of carboxylic acid groups (broad SMARTS) is 1. The van der Waals surface area contributed by atoms with Crippen LogP contribution in [-0.4, -0.2) is 23.0 Å². The normalized spacial score (nSPS) is 13.7. The van der Waals surface area contributed by atoms with Crippen molar-refractivity contribution in [1.82, 2.24) is 5.16 Å². The molecule has 1 aromatic heterocycles. The number of hydrogen-bond donors (Lipinski definition) is 1. The number of aromatic carboxylic acids is 1. The van der Waals surface area contributed by atoms with Crippen molar-refractivity contribution in [1.29, 1.82) is 0 Å².